The van der Waals surface area contributed by atoms with Crippen LogP contribution in [0.3, 0.4) is 0 Å². The Morgan fingerprint density at radius 3 is 1.57 bits per heavy atom. The van der Waals surface area contributed by atoms with Crippen molar-refractivity contribution < 1.29 is 4.79 Å². The molecule has 0 rings (SSSR count). The first-order chi connectivity index (χ1) is 10.2. The van der Waals surface area contributed by atoms with Gasteiger partial charge in [0.2, 0.25) is 5.91 Å². The van der Waals surface area contributed by atoms with Crippen molar-refractivity contribution in [3.8, 4) is 0 Å². The third-order valence-electron chi connectivity index (χ3n) is 5.90. The molecule has 0 aromatic heterocycles. The molecule has 0 heterocycles. The average molecular weight is 328 g/mol. The zero-order valence-corrected chi connectivity index (χ0v) is 18.2. The zero-order chi connectivity index (χ0) is 19.1. The van der Waals surface area contributed by atoms with Crippen LogP contribution in [-0.4, -0.2) is 12.5 Å². The molecule has 0 unspecified atom stereocenters. The Kier molecular flexibility index (Phi) is 9.76. The van der Waals surface area contributed by atoms with Crippen LogP contribution in [0.15, 0.2) is 0 Å². The van der Waals surface area contributed by atoms with Crippen LogP contribution in [0.5, 0.6) is 0 Å². The van der Waals surface area contributed by atoms with Crippen LogP contribution >= 0.6 is 0 Å². The summed E-state index contributed by atoms with van der Waals surface area (Å²) in [5, 5.41) is 3.21. The molecular formula is C21H45NO. The van der Waals surface area contributed by atoms with Crippen LogP contribution < -0.4 is 5.32 Å². The van der Waals surface area contributed by atoms with E-state index in [1.807, 2.05) is 13.8 Å². The molecule has 0 bridgehead atoms. The van der Waals surface area contributed by atoms with Gasteiger partial charge in [0.1, 0.15) is 0 Å². The normalized spacial score (nSPS) is 13.2. The van der Waals surface area contributed by atoms with Crippen molar-refractivity contribution in [2.24, 2.45) is 21.7 Å². The number of nitrogens with one attached hydrogen (secondary N) is 1. The van der Waals surface area contributed by atoms with E-state index in [0.717, 1.165) is 25.8 Å². The summed E-state index contributed by atoms with van der Waals surface area (Å²) >= 11 is 0. The maximum atomic E-state index is 12.6. The Hall–Kier alpha value is -0.530. The quantitative estimate of drug-likeness (QED) is 0.545. The van der Waals surface area contributed by atoms with Crippen molar-refractivity contribution >= 4 is 5.91 Å². The molecule has 2 heteroatoms. The lowest BCUT2D eigenvalue weighted by Crippen LogP contribution is -2.47. The first-order valence-electron chi connectivity index (χ1n) is 9.49. The molecule has 0 spiro atoms. The summed E-state index contributed by atoms with van der Waals surface area (Å²) in [6, 6.07) is 0. The Bertz CT molecular complexity index is 351. The van der Waals surface area contributed by atoms with Crippen LogP contribution in [0.4, 0.5) is 0 Å². The first kappa shape index (κ1) is 24.7. The van der Waals surface area contributed by atoms with Crippen LogP contribution in [0.1, 0.15) is 102 Å². The Morgan fingerprint density at radius 2 is 1.22 bits per heavy atom. The van der Waals surface area contributed by atoms with Crippen molar-refractivity contribution in [1.29, 1.82) is 0 Å². The van der Waals surface area contributed by atoms with Crippen molar-refractivity contribution in [1.82, 2.24) is 5.32 Å². The molecule has 140 valence electrons. The van der Waals surface area contributed by atoms with Crippen molar-refractivity contribution in [2.75, 3.05) is 6.54 Å². The topological polar surface area (TPSA) is 29.1 Å². The van der Waals surface area contributed by atoms with Gasteiger partial charge in [0.15, 0.2) is 0 Å². The van der Waals surface area contributed by atoms with E-state index in [9.17, 15) is 4.79 Å². The Labute approximate surface area is 147 Å². The monoisotopic (exact) mass is 327 g/mol. The van der Waals surface area contributed by atoms with Crippen LogP contribution in [0.2, 0.25) is 0 Å². The number of hydrogen-bond acceptors (Lipinski definition) is 1. The van der Waals surface area contributed by atoms with Gasteiger partial charge in [-0.15, -0.1) is 0 Å². The standard InChI is InChI=1S/C19H39NO.C2H6/c1-11-16(3,4)13-17(5,6)15(21)20-14-19(9,10)18(7,8)12-2;1-2/h11-14H2,1-10H3,(H,20,21);1-2H3. The lowest BCUT2D eigenvalue weighted by molar-refractivity contribution is -0.131. The minimum Gasteiger partial charge on any atom is -0.355 e. The van der Waals surface area contributed by atoms with Gasteiger partial charge in [-0.3, -0.25) is 4.79 Å². The minimum atomic E-state index is -0.314. The minimum absolute atomic E-state index is 0.0910. The van der Waals surface area contributed by atoms with Gasteiger partial charge in [-0.2, -0.15) is 0 Å². The summed E-state index contributed by atoms with van der Waals surface area (Å²) in [5.74, 6) is 0.184. The van der Waals surface area contributed by atoms with E-state index in [1.54, 1.807) is 0 Å². The van der Waals surface area contributed by atoms with E-state index >= 15 is 0 Å². The SMILES string of the molecule is CC.CCC(C)(C)CC(C)(C)C(=O)NCC(C)(C)C(C)(C)CC. The fourth-order valence-corrected chi connectivity index (χ4v) is 2.66. The lowest BCUT2D eigenvalue weighted by Gasteiger charge is -2.42. The van der Waals surface area contributed by atoms with E-state index in [4.69, 9.17) is 0 Å². The Balaban J connectivity index is 0. The molecule has 0 aromatic rings. The van der Waals surface area contributed by atoms with Crippen molar-refractivity contribution in [2.45, 2.75) is 102 Å². The molecule has 1 amide bonds. The largest absolute Gasteiger partial charge is 0.355 e. The highest BCUT2D eigenvalue weighted by molar-refractivity contribution is 5.81. The van der Waals surface area contributed by atoms with E-state index < -0.39 is 0 Å². The molecule has 0 saturated heterocycles. The van der Waals surface area contributed by atoms with Crippen LogP contribution in [-0.2, 0) is 4.79 Å². The van der Waals surface area contributed by atoms with E-state index in [-0.39, 0.29) is 27.6 Å². The maximum Gasteiger partial charge on any atom is 0.225 e. The molecule has 0 aromatic carbocycles. The van der Waals surface area contributed by atoms with Crippen LogP contribution in [0, 0.1) is 21.7 Å². The summed E-state index contributed by atoms with van der Waals surface area (Å²) in [5.41, 5.74) is 0.200. The third-order valence-corrected chi connectivity index (χ3v) is 5.90. The van der Waals surface area contributed by atoms with Gasteiger partial charge in [0, 0.05) is 12.0 Å². The highest BCUT2D eigenvalue weighted by atomic mass is 16.2. The van der Waals surface area contributed by atoms with Gasteiger partial charge in [-0.1, -0.05) is 95.9 Å². The Morgan fingerprint density at radius 1 is 0.783 bits per heavy atom. The highest BCUT2D eigenvalue weighted by Gasteiger charge is 2.38. The molecule has 0 aliphatic carbocycles. The van der Waals surface area contributed by atoms with E-state index in [2.05, 4.69) is 74.6 Å². The van der Waals surface area contributed by atoms with Gasteiger partial charge in [0.25, 0.3) is 0 Å². The van der Waals surface area contributed by atoms with Gasteiger partial charge in [-0.25, -0.2) is 0 Å². The second-order valence-corrected chi connectivity index (χ2v) is 9.38. The molecule has 0 aliphatic rings. The van der Waals surface area contributed by atoms with Crippen LogP contribution in [0.25, 0.3) is 0 Å². The van der Waals surface area contributed by atoms with Gasteiger partial charge in [0.05, 0.1) is 0 Å². The van der Waals surface area contributed by atoms with Crippen molar-refractivity contribution in [3.05, 3.63) is 0 Å². The number of amides is 1. The van der Waals surface area contributed by atoms with E-state index in [0.29, 0.717) is 0 Å². The predicted octanol–water partition coefficient (Wildman–Crippen LogP) is 6.44. The lowest BCUT2D eigenvalue weighted by atomic mass is 9.66. The second-order valence-electron chi connectivity index (χ2n) is 9.38. The second kappa shape index (κ2) is 9.08. The summed E-state index contributed by atoms with van der Waals surface area (Å²) in [6.07, 6.45) is 3.13. The number of carbonyl (C=O) groups excluding carboxylic acids is 1. The number of hydrogen-bond donors (Lipinski definition) is 1. The van der Waals surface area contributed by atoms with Gasteiger partial charge in [-0.05, 0) is 22.7 Å². The van der Waals surface area contributed by atoms with Gasteiger partial charge >= 0.3 is 0 Å². The predicted molar refractivity (Wildman–Crippen MR) is 105 cm³/mol. The van der Waals surface area contributed by atoms with Crippen molar-refractivity contribution in [3.63, 3.8) is 0 Å². The fraction of sp³-hybridized carbons (Fsp3) is 0.952. The molecule has 0 fully saturated rings. The molecule has 0 saturated carbocycles. The smallest absolute Gasteiger partial charge is 0.225 e. The van der Waals surface area contributed by atoms with E-state index in [1.165, 1.54) is 0 Å². The summed E-state index contributed by atoms with van der Waals surface area (Å²) in [4.78, 5) is 12.6. The maximum absolute atomic E-state index is 12.6. The summed E-state index contributed by atoms with van der Waals surface area (Å²) in [6.45, 7) is 26.8. The zero-order valence-electron chi connectivity index (χ0n) is 18.2. The molecule has 0 radical (unpaired) electrons. The summed E-state index contributed by atoms with van der Waals surface area (Å²) in [7, 11) is 0. The molecule has 1 N–H and O–H groups in total. The highest BCUT2D eigenvalue weighted by Crippen LogP contribution is 2.41. The third kappa shape index (κ3) is 7.72. The molecule has 2 nitrogen and oxygen atoms in total. The van der Waals surface area contributed by atoms with Gasteiger partial charge < -0.3 is 5.32 Å². The molecule has 0 aliphatic heterocycles. The fourth-order valence-electron chi connectivity index (χ4n) is 2.66. The number of carbonyl (C=O) groups is 1. The molecular weight excluding hydrogens is 282 g/mol. The molecule has 23 heavy (non-hydrogen) atoms. The first-order valence-corrected chi connectivity index (χ1v) is 9.49. The number of rotatable bonds is 8. The average Bonchev–Trinajstić information content (AvgIpc) is 2.45. The molecule has 0 atom stereocenters. The summed E-state index contributed by atoms with van der Waals surface area (Å²) < 4.78 is 0.